The van der Waals surface area contributed by atoms with E-state index in [2.05, 4.69) is 53.6 Å². The highest BCUT2D eigenvalue weighted by atomic mass is 15.1. The summed E-state index contributed by atoms with van der Waals surface area (Å²) in [5.74, 6) is 0. The molecule has 2 N–H and O–H groups in total. The number of hydrogen-bond donors (Lipinski definition) is 2. The average molecular weight is 317 g/mol. The molecule has 1 heterocycles. The fourth-order valence-electron chi connectivity index (χ4n) is 3.19. The first kappa shape index (κ1) is 16.3. The van der Waals surface area contributed by atoms with E-state index in [1.807, 2.05) is 25.1 Å². The molecule has 1 saturated heterocycles. The normalized spacial score (nSPS) is 20.2. The van der Waals surface area contributed by atoms with Gasteiger partial charge in [-0.05, 0) is 42.5 Å². The van der Waals surface area contributed by atoms with Gasteiger partial charge in [0, 0.05) is 18.3 Å². The molecule has 2 aromatic rings. The van der Waals surface area contributed by atoms with Crippen molar-refractivity contribution in [1.29, 1.82) is 5.26 Å². The third-order valence-corrected chi connectivity index (χ3v) is 4.61. The van der Waals surface area contributed by atoms with Crippen LogP contribution in [0.25, 0.3) is 0 Å². The Morgan fingerprint density at radius 2 is 1.92 bits per heavy atom. The second-order valence-corrected chi connectivity index (χ2v) is 6.48. The highest BCUT2D eigenvalue weighted by Crippen LogP contribution is 2.16. The predicted molar refractivity (Wildman–Crippen MR) is 97.6 cm³/mol. The van der Waals surface area contributed by atoms with Crippen LogP contribution in [0.5, 0.6) is 0 Å². The van der Waals surface area contributed by atoms with Gasteiger partial charge < -0.3 is 10.6 Å². The van der Waals surface area contributed by atoms with Gasteiger partial charge in [0.15, 0.2) is 0 Å². The van der Waals surface area contributed by atoms with Crippen molar-refractivity contribution < 1.29 is 0 Å². The molecule has 2 unspecified atom stereocenters. The van der Waals surface area contributed by atoms with Crippen LogP contribution < -0.4 is 10.6 Å². The van der Waals surface area contributed by atoms with Crippen molar-refractivity contribution in [3.05, 3.63) is 83.1 Å². The SMILES string of the molecule is C=C1NC(Cc2ccc(C)c(C#N)c2)CNC1Cc1ccccc1. The Morgan fingerprint density at radius 3 is 2.62 bits per heavy atom. The molecule has 0 saturated carbocycles. The number of aryl methyl sites for hydroxylation is 1. The van der Waals surface area contributed by atoms with Crippen LogP contribution >= 0.6 is 0 Å². The second kappa shape index (κ2) is 7.33. The quantitative estimate of drug-likeness (QED) is 0.911. The molecule has 1 aliphatic heterocycles. The summed E-state index contributed by atoms with van der Waals surface area (Å²) in [6.45, 7) is 7.07. The van der Waals surface area contributed by atoms with Gasteiger partial charge in [-0.25, -0.2) is 0 Å². The first-order valence-electron chi connectivity index (χ1n) is 8.38. The topological polar surface area (TPSA) is 47.9 Å². The molecule has 3 rings (SSSR count). The van der Waals surface area contributed by atoms with Gasteiger partial charge in [-0.3, -0.25) is 0 Å². The van der Waals surface area contributed by atoms with Gasteiger partial charge in [0.05, 0.1) is 17.7 Å². The molecule has 1 fully saturated rings. The molecular weight excluding hydrogens is 294 g/mol. The minimum Gasteiger partial charge on any atom is -0.383 e. The summed E-state index contributed by atoms with van der Waals surface area (Å²) < 4.78 is 0. The van der Waals surface area contributed by atoms with E-state index in [0.717, 1.165) is 36.2 Å². The smallest absolute Gasteiger partial charge is 0.0994 e. The summed E-state index contributed by atoms with van der Waals surface area (Å²) in [6, 6.07) is 19.4. The molecule has 0 bridgehead atoms. The van der Waals surface area contributed by atoms with E-state index in [4.69, 9.17) is 0 Å². The largest absolute Gasteiger partial charge is 0.383 e. The molecular formula is C21H23N3. The second-order valence-electron chi connectivity index (χ2n) is 6.48. The Kier molecular flexibility index (Phi) is 4.98. The lowest BCUT2D eigenvalue weighted by molar-refractivity contribution is 0.395. The van der Waals surface area contributed by atoms with E-state index in [1.54, 1.807) is 0 Å². The van der Waals surface area contributed by atoms with E-state index in [1.165, 1.54) is 11.1 Å². The molecule has 3 heteroatoms. The maximum absolute atomic E-state index is 9.17. The number of nitrogens with zero attached hydrogens (tertiary/aromatic N) is 1. The maximum atomic E-state index is 9.17. The van der Waals surface area contributed by atoms with Gasteiger partial charge >= 0.3 is 0 Å². The zero-order valence-electron chi connectivity index (χ0n) is 14.0. The van der Waals surface area contributed by atoms with Crippen molar-refractivity contribution in [1.82, 2.24) is 10.6 Å². The standard InChI is InChI=1S/C21H23N3/c1-15-8-9-18(10-19(15)13-22)11-20-14-23-21(16(2)24-20)12-17-6-4-3-5-7-17/h3-10,20-21,23-24H,2,11-12,14H2,1H3. The summed E-state index contributed by atoms with van der Waals surface area (Å²) in [4.78, 5) is 0. The van der Waals surface area contributed by atoms with E-state index < -0.39 is 0 Å². The molecule has 24 heavy (non-hydrogen) atoms. The molecule has 0 amide bonds. The Hall–Kier alpha value is -2.57. The fourth-order valence-corrected chi connectivity index (χ4v) is 3.19. The maximum Gasteiger partial charge on any atom is 0.0994 e. The van der Waals surface area contributed by atoms with Crippen LogP contribution in [0.15, 0.2) is 60.8 Å². The van der Waals surface area contributed by atoms with Gasteiger partial charge in [-0.1, -0.05) is 49.0 Å². The summed E-state index contributed by atoms with van der Waals surface area (Å²) in [7, 11) is 0. The highest BCUT2D eigenvalue weighted by molar-refractivity contribution is 5.40. The molecule has 0 aliphatic carbocycles. The van der Waals surface area contributed by atoms with Gasteiger partial charge in [-0.15, -0.1) is 0 Å². The molecule has 3 nitrogen and oxygen atoms in total. The number of nitriles is 1. The van der Waals surface area contributed by atoms with E-state index >= 15 is 0 Å². The number of nitrogens with one attached hydrogen (secondary N) is 2. The van der Waals surface area contributed by atoms with Crippen LogP contribution in [0.1, 0.15) is 22.3 Å². The zero-order chi connectivity index (χ0) is 16.9. The fraction of sp³-hybridized carbons (Fsp3) is 0.286. The van der Waals surface area contributed by atoms with Crippen molar-refractivity contribution in [2.24, 2.45) is 0 Å². The van der Waals surface area contributed by atoms with Crippen LogP contribution in [0, 0.1) is 18.3 Å². The van der Waals surface area contributed by atoms with Gasteiger partial charge in [0.2, 0.25) is 0 Å². The third kappa shape index (κ3) is 3.84. The van der Waals surface area contributed by atoms with Gasteiger partial charge in [0.1, 0.15) is 0 Å². The van der Waals surface area contributed by atoms with Crippen molar-refractivity contribution in [2.75, 3.05) is 6.54 Å². The lowest BCUT2D eigenvalue weighted by Crippen LogP contribution is -2.53. The van der Waals surface area contributed by atoms with Crippen LogP contribution in [0.3, 0.4) is 0 Å². The number of rotatable bonds is 4. The summed E-state index contributed by atoms with van der Waals surface area (Å²) in [5, 5.41) is 16.3. The third-order valence-electron chi connectivity index (χ3n) is 4.61. The molecule has 0 radical (unpaired) electrons. The van der Waals surface area contributed by atoms with Crippen molar-refractivity contribution in [2.45, 2.75) is 31.8 Å². The van der Waals surface area contributed by atoms with Gasteiger partial charge in [-0.2, -0.15) is 5.26 Å². The Labute approximate surface area is 144 Å². The minimum atomic E-state index is 0.260. The Morgan fingerprint density at radius 1 is 1.12 bits per heavy atom. The van der Waals surface area contributed by atoms with E-state index in [-0.39, 0.29) is 6.04 Å². The lowest BCUT2D eigenvalue weighted by Gasteiger charge is -2.34. The molecule has 1 aliphatic rings. The van der Waals surface area contributed by atoms with Crippen LogP contribution in [-0.2, 0) is 12.8 Å². The predicted octanol–water partition coefficient (Wildman–Crippen LogP) is 3.10. The van der Waals surface area contributed by atoms with Crippen LogP contribution in [0.4, 0.5) is 0 Å². The lowest BCUT2D eigenvalue weighted by atomic mass is 9.96. The van der Waals surface area contributed by atoms with Crippen LogP contribution in [-0.4, -0.2) is 18.6 Å². The first-order chi connectivity index (χ1) is 11.7. The Bertz CT molecular complexity index is 758. The molecule has 2 aromatic carbocycles. The minimum absolute atomic E-state index is 0.260. The monoisotopic (exact) mass is 317 g/mol. The van der Waals surface area contributed by atoms with Crippen molar-refractivity contribution >= 4 is 0 Å². The van der Waals surface area contributed by atoms with E-state index in [0.29, 0.717) is 6.04 Å². The summed E-state index contributed by atoms with van der Waals surface area (Å²) in [6.07, 6.45) is 1.83. The Balaban J connectivity index is 1.60. The molecule has 0 aromatic heterocycles. The number of hydrogen-bond acceptors (Lipinski definition) is 3. The number of piperazine rings is 1. The summed E-state index contributed by atoms with van der Waals surface area (Å²) in [5.41, 5.74) is 5.34. The highest BCUT2D eigenvalue weighted by Gasteiger charge is 2.23. The van der Waals surface area contributed by atoms with Crippen LogP contribution in [0.2, 0.25) is 0 Å². The van der Waals surface area contributed by atoms with E-state index in [9.17, 15) is 5.26 Å². The van der Waals surface area contributed by atoms with Gasteiger partial charge in [0.25, 0.3) is 0 Å². The summed E-state index contributed by atoms with van der Waals surface area (Å²) >= 11 is 0. The number of benzene rings is 2. The van der Waals surface area contributed by atoms with Crippen molar-refractivity contribution in [3.63, 3.8) is 0 Å². The van der Waals surface area contributed by atoms with Crippen molar-refractivity contribution in [3.8, 4) is 6.07 Å². The molecule has 0 spiro atoms. The molecule has 2 atom stereocenters. The zero-order valence-corrected chi connectivity index (χ0v) is 14.0. The average Bonchev–Trinajstić information content (AvgIpc) is 2.60. The first-order valence-corrected chi connectivity index (χ1v) is 8.38. The molecule has 122 valence electrons.